The van der Waals surface area contributed by atoms with Crippen molar-refractivity contribution < 1.29 is 0 Å². The van der Waals surface area contributed by atoms with E-state index >= 15 is 0 Å². The molecule has 0 unspecified atom stereocenters. The number of benzene rings is 1. The van der Waals surface area contributed by atoms with Crippen LogP contribution in [-0.4, -0.2) is 11.5 Å². The van der Waals surface area contributed by atoms with E-state index in [1.807, 2.05) is 30.3 Å². The van der Waals surface area contributed by atoms with Gasteiger partial charge < -0.3 is 11.1 Å². The Morgan fingerprint density at radius 3 is 3.06 bits per heavy atom. The van der Waals surface area contributed by atoms with Crippen LogP contribution in [0.2, 0.25) is 0 Å². The van der Waals surface area contributed by atoms with Crippen LogP contribution in [0.5, 0.6) is 0 Å². The topological polar surface area (TPSA) is 50.9 Å². The Labute approximate surface area is 95.0 Å². The fraction of sp³-hybridized carbons (Fsp3) is 0.154. The number of nitrogens with one attached hydrogen (secondary N) is 1. The zero-order valence-electron chi connectivity index (χ0n) is 9.11. The Morgan fingerprint density at radius 1 is 1.38 bits per heavy atom. The van der Waals surface area contributed by atoms with Crippen LogP contribution in [0.15, 0.2) is 43.1 Å². The van der Waals surface area contributed by atoms with Crippen LogP contribution in [0.25, 0.3) is 10.9 Å². The van der Waals surface area contributed by atoms with Gasteiger partial charge in [0.05, 0.1) is 11.2 Å². The summed E-state index contributed by atoms with van der Waals surface area (Å²) in [5.41, 5.74) is 8.51. The van der Waals surface area contributed by atoms with E-state index in [0.717, 1.165) is 29.6 Å². The number of hydrogen-bond donors (Lipinski definition) is 2. The molecule has 0 saturated heterocycles. The van der Waals surface area contributed by atoms with Gasteiger partial charge in [-0.15, -0.1) is 6.58 Å². The number of rotatable bonds is 4. The molecule has 2 rings (SSSR count). The third-order valence-electron chi connectivity index (χ3n) is 2.47. The highest BCUT2D eigenvalue weighted by Gasteiger charge is 2.02. The maximum absolute atomic E-state index is 5.87. The number of nitrogen functional groups attached to an aromatic ring is 1. The fourth-order valence-corrected chi connectivity index (χ4v) is 1.66. The molecule has 0 spiro atoms. The highest BCUT2D eigenvalue weighted by atomic mass is 14.9. The van der Waals surface area contributed by atoms with E-state index in [0.29, 0.717) is 5.69 Å². The first-order valence-corrected chi connectivity index (χ1v) is 5.31. The van der Waals surface area contributed by atoms with Crippen molar-refractivity contribution in [3.05, 3.63) is 43.1 Å². The Kier molecular flexibility index (Phi) is 3.05. The van der Waals surface area contributed by atoms with Crippen molar-refractivity contribution in [3.63, 3.8) is 0 Å². The molecular formula is C13H15N3. The fourth-order valence-electron chi connectivity index (χ4n) is 1.66. The maximum Gasteiger partial charge on any atom is 0.0951 e. The van der Waals surface area contributed by atoms with Crippen molar-refractivity contribution in [1.29, 1.82) is 0 Å². The molecule has 0 radical (unpaired) electrons. The molecular weight excluding hydrogens is 198 g/mol. The number of nitrogens with zero attached hydrogens (tertiary/aromatic N) is 1. The molecule has 0 bridgehead atoms. The Hall–Kier alpha value is -2.03. The first-order chi connectivity index (χ1) is 7.83. The van der Waals surface area contributed by atoms with E-state index in [2.05, 4.69) is 16.9 Å². The lowest BCUT2D eigenvalue weighted by Crippen LogP contribution is -2.01. The number of aromatic nitrogens is 1. The zero-order chi connectivity index (χ0) is 11.4. The van der Waals surface area contributed by atoms with Crippen LogP contribution in [0.3, 0.4) is 0 Å². The molecule has 0 aliphatic rings. The van der Waals surface area contributed by atoms with E-state index in [9.17, 15) is 0 Å². The van der Waals surface area contributed by atoms with E-state index in [1.54, 1.807) is 6.20 Å². The normalized spacial score (nSPS) is 10.2. The molecule has 82 valence electrons. The van der Waals surface area contributed by atoms with Gasteiger partial charge in [0.2, 0.25) is 0 Å². The minimum Gasteiger partial charge on any atom is -0.397 e. The zero-order valence-corrected chi connectivity index (χ0v) is 9.11. The third kappa shape index (κ3) is 1.98. The van der Waals surface area contributed by atoms with Gasteiger partial charge in [-0.05, 0) is 18.6 Å². The monoisotopic (exact) mass is 213 g/mol. The summed E-state index contributed by atoms with van der Waals surface area (Å²) < 4.78 is 0. The number of para-hydroxylation sites is 1. The third-order valence-corrected chi connectivity index (χ3v) is 2.47. The van der Waals surface area contributed by atoms with Gasteiger partial charge in [-0.25, -0.2) is 0 Å². The van der Waals surface area contributed by atoms with E-state index < -0.39 is 0 Å². The van der Waals surface area contributed by atoms with Crippen molar-refractivity contribution >= 4 is 22.3 Å². The van der Waals surface area contributed by atoms with E-state index in [1.165, 1.54) is 0 Å². The lowest BCUT2D eigenvalue weighted by Gasteiger charge is -2.09. The molecule has 1 heterocycles. The molecule has 16 heavy (non-hydrogen) atoms. The highest BCUT2D eigenvalue weighted by molar-refractivity contribution is 5.97. The first kappa shape index (κ1) is 10.5. The summed E-state index contributed by atoms with van der Waals surface area (Å²) in [6.45, 7) is 4.57. The van der Waals surface area contributed by atoms with Gasteiger partial charge in [0.25, 0.3) is 0 Å². The molecule has 3 nitrogen and oxygen atoms in total. The number of hydrogen-bond acceptors (Lipinski definition) is 3. The van der Waals surface area contributed by atoms with Gasteiger partial charge in [-0.3, -0.25) is 4.98 Å². The second kappa shape index (κ2) is 4.66. The second-order valence-corrected chi connectivity index (χ2v) is 3.61. The Morgan fingerprint density at radius 2 is 2.25 bits per heavy atom. The number of nitrogens with two attached hydrogens (primary N) is 1. The molecule has 3 heteroatoms. The average molecular weight is 213 g/mol. The number of fused-ring (bicyclic) bond motifs is 1. The summed E-state index contributed by atoms with van der Waals surface area (Å²) in [4.78, 5) is 4.28. The lowest BCUT2D eigenvalue weighted by atomic mass is 10.1. The quantitative estimate of drug-likeness (QED) is 0.466. The van der Waals surface area contributed by atoms with Gasteiger partial charge >= 0.3 is 0 Å². The van der Waals surface area contributed by atoms with E-state index in [-0.39, 0.29) is 0 Å². The van der Waals surface area contributed by atoms with Crippen LogP contribution in [0.1, 0.15) is 6.42 Å². The van der Waals surface area contributed by atoms with Crippen LogP contribution in [-0.2, 0) is 0 Å². The minimum atomic E-state index is 0.713. The van der Waals surface area contributed by atoms with Crippen LogP contribution < -0.4 is 11.1 Å². The molecule has 2 aromatic rings. The summed E-state index contributed by atoms with van der Waals surface area (Å²) in [5.74, 6) is 0. The Bertz CT molecular complexity index is 506. The van der Waals surface area contributed by atoms with Crippen molar-refractivity contribution in [2.75, 3.05) is 17.6 Å². The molecule has 3 N–H and O–H groups in total. The highest BCUT2D eigenvalue weighted by Crippen LogP contribution is 2.25. The number of pyridine rings is 1. The van der Waals surface area contributed by atoms with Crippen LogP contribution >= 0.6 is 0 Å². The molecule has 1 aromatic heterocycles. The van der Waals surface area contributed by atoms with Crippen LogP contribution in [0.4, 0.5) is 11.4 Å². The van der Waals surface area contributed by atoms with Gasteiger partial charge in [-0.1, -0.05) is 18.2 Å². The van der Waals surface area contributed by atoms with Crippen molar-refractivity contribution in [2.24, 2.45) is 0 Å². The van der Waals surface area contributed by atoms with Gasteiger partial charge in [-0.2, -0.15) is 0 Å². The summed E-state index contributed by atoms with van der Waals surface area (Å²) in [5, 5.41) is 4.41. The maximum atomic E-state index is 5.87. The van der Waals surface area contributed by atoms with Crippen molar-refractivity contribution in [1.82, 2.24) is 4.98 Å². The van der Waals surface area contributed by atoms with Gasteiger partial charge in [0.15, 0.2) is 0 Å². The molecule has 0 saturated carbocycles. The Balaban J connectivity index is 2.38. The smallest absolute Gasteiger partial charge is 0.0951 e. The van der Waals surface area contributed by atoms with Gasteiger partial charge in [0.1, 0.15) is 0 Å². The van der Waals surface area contributed by atoms with Crippen molar-refractivity contribution in [3.8, 4) is 0 Å². The van der Waals surface area contributed by atoms with Gasteiger partial charge in [0, 0.05) is 23.8 Å². The lowest BCUT2D eigenvalue weighted by molar-refractivity contribution is 1.07. The van der Waals surface area contributed by atoms with E-state index in [4.69, 9.17) is 5.73 Å². The summed E-state index contributed by atoms with van der Waals surface area (Å²) in [6, 6.07) is 7.79. The number of anilines is 2. The molecule has 0 amide bonds. The predicted octanol–water partition coefficient (Wildman–Crippen LogP) is 2.81. The second-order valence-electron chi connectivity index (χ2n) is 3.61. The largest absolute Gasteiger partial charge is 0.397 e. The molecule has 0 fully saturated rings. The molecule has 0 aliphatic carbocycles. The standard InChI is InChI=1S/C13H15N3/c1-2-3-8-15-12-7-9-16-13-10(12)5-4-6-11(13)14/h2,4-7,9H,1,3,8,14H2,(H,15,16). The van der Waals surface area contributed by atoms with Crippen LogP contribution in [0, 0.1) is 0 Å². The SMILES string of the molecule is C=CCCNc1ccnc2c(N)cccc12. The summed E-state index contributed by atoms with van der Waals surface area (Å²) in [7, 11) is 0. The first-order valence-electron chi connectivity index (χ1n) is 5.31. The van der Waals surface area contributed by atoms with Crippen molar-refractivity contribution in [2.45, 2.75) is 6.42 Å². The molecule has 1 aromatic carbocycles. The summed E-state index contributed by atoms with van der Waals surface area (Å²) in [6.07, 6.45) is 4.60. The molecule has 0 atom stereocenters. The summed E-state index contributed by atoms with van der Waals surface area (Å²) >= 11 is 0. The minimum absolute atomic E-state index is 0.713. The molecule has 0 aliphatic heterocycles. The average Bonchev–Trinajstić information content (AvgIpc) is 2.31. The predicted molar refractivity (Wildman–Crippen MR) is 69.5 cm³/mol.